The Bertz CT molecular complexity index is 1050. The Kier molecular flexibility index (Phi) is 5.73. The second kappa shape index (κ2) is 8.42. The quantitative estimate of drug-likeness (QED) is 0.672. The maximum atomic E-state index is 13.2. The van der Waals surface area contributed by atoms with Crippen LogP contribution < -0.4 is 4.72 Å². The lowest BCUT2D eigenvalue weighted by Gasteiger charge is -2.30. The minimum Gasteiger partial charge on any atom is -0.317 e. The number of nitrogens with zero attached hydrogens (tertiary/aromatic N) is 4. The van der Waals surface area contributed by atoms with Gasteiger partial charge in [-0.1, -0.05) is 19.1 Å². The largest absolute Gasteiger partial charge is 0.317 e. The number of aromatic nitrogens is 4. The fourth-order valence-electron chi connectivity index (χ4n) is 4.05. The van der Waals surface area contributed by atoms with Crippen molar-refractivity contribution in [3.8, 4) is 11.1 Å². The first-order valence-corrected chi connectivity index (χ1v) is 11.4. The van der Waals surface area contributed by atoms with E-state index in [4.69, 9.17) is 0 Å². The van der Waals surface area contributed by atoms with Crippen molar-refractivity contribution in [2.75, 3.05) is 0 Å². The first-order chi connectivity index (χ1) is 14.1. The van der Waals surface area contributed by atoms with E-state index in [1.54, 1.807) is 31.1 Å². The summed E-state index contributed by atoms with van der Waals surface area (Å²) in [5.74, 6) is 0. The molecule has 2 heterocycles. The number of aryl methyl sites for hydroxylation is 1. The summed E-state index contributed by atoms with van der Waals surface area (Å²) in [7, 11) is -3.60. The van der Waals surface area contributed by atoms with Crippen molar-refractivity contribution in [3.63, 3.8) is 0 Å². The van der Waals surface area contributed by atoms with Crippen LogP contribution in [0.5, 0.6) is 0 Å². The van der Waals surface area contributed by atoms with Gasteiger partial charge in [-0.3, -0.25) is 4.98 Å². The molecular formula is C21H25N5O2S. The summed E-state index contributed by atoms with van der Waals surface area (Å²) < 4.78 is 31.2. The molecule has 3 aromatic rings. The first-order valence-electron chi connectivity index (χ1n) is 9.96. The highest BCUT2D eigenvalue weighted by atomic mass is 32.2. The van der Waals surface area contributed by atoms with E-state index in [0.29, 0.717) is 11.3 Å². The molecule has 1 aliphatic carbocycles. The van der Waals surface area contributed by atoms with E-state index in [2.05, 4.69) is 19.9 Å². The van der Waals surface area contributed by atoms with Gasteiger partial charge in [-0.25, -0.2) is 13.1 Å². The van der Waals surface area contributed by atoms with Crippen molar-refractivity contribution < 1.29 is 8.42 Å². The molecule has 4 rings (SSSR count). The zero-order valence-corrected chi connectivity index (χ0v) is 17.2. The van der Waals surface area contributed by atoms with E-state index in [0.717, 1.165) is 42.4 Å². The van der Waals surface area contributed by atoms with Gasteiger partial charge in [-0.2, -0.15) is 0 Å². The van der Waals surface area contributed by atoms with Crippen LogP contribution in [0.15, 0.2) is 60.3 Å². The zero-order chi connectivity index (χ0) is 20.3. The Labute approximate surface area is 171 Å². The minimum atomic E-state index is -3.60. The van der Waals surface area contributed by atoms with Crippen molar-refractivity contribution in [1.82, 2.24) is 24.5 Å². The normalized spacial score (nSPS) is 19.9. The molecule has 1 fully saturated rings. The van der Waals surface area contributed by atoms with Crippen LogP contribution in [-0.4, -0.2) is 34.2 Å². The summed E-state index contributed by atoms with van der Waals surface area (Å²) in [6.07, 6.45) is 11.1. The molecule has 2 aromatic heterocycles. The lowest BCUT2D eigenvalue weighted by atomic mass is 9.91. The molecule has 7 nitrogen and oxygen atoms in total. The second-order valence-electron chi connectivity index (χ2n) is 7.47. The number of hydrogen-bond acceptors (Lipinski definition) is 5. The van der Waals surface area contributed by atoms with Crippen LogP contribution in [0.25, 0.3) is 11.1 Å². The van der Waals surface area contributed by atoms with Crippen LogP contribution in [0.4, 0.5) is 0 Å². The Morgan fingerprint density at radius 2 is 1.97 bits per heavy atom. The molecule has 1 saturated carbocycles. The van der Waals surface area contributed by atoms with Gasteiger partial charge in [0, 0.05) is 24.5 Å². The third-order valence-electron chi connectivity index (χ3n) is 5.55. The smallest absolute Gasteiger partial charge is 0.241 e. The number of benzene rings is 1. The highest BCUT2D eigenvalue weighted by molar-refractivity contribution is 7.89. The van der Waals surface area contributed by atoms with Crippen LogP contribution in [0, 0.1) is 0 Å². The molecule has 0 amide bonds. The Morgan fingerprint density at radius 3 is 2.69 bits per heavy atom. The van der Waals surface area contributed by atoms with Gasteiger partial charge in [-0.15, -0.1) is 10.2 Å². The molecule has 0 aliphatic heterocycles. The van der Waals surface area contributed by atoms with Gasteiger partial charge in [0.05, 0.1) is 4.90 Å². The number of sulfonamides is 1. The predicted octanol–water partition coefficient (Wildman–Crippen LogP) is 3.36. The van der Waals surface area contributed by atoms with Gasteiger partial charge >= 0.3 is 0 Å². The molecule has 0 spiro atoms. The summed E-state index contributed by atoms with van der Waals surface area (Å²) in [6.45, 7) is 1.98. The maximum absolute atomic E-state index is 13.2. The fraction of sp³-hybridized carbons (Fsp3) is 0.381. The van der Waals surface area contributed by atoms with Crippen molar-refractivity contribution >= 4 is 10.0 Å². The number of pyridine rings is 1. The highest BCUT2D eigenvalue weighted by Gasteiger charge is 2.28. The molecular weight excluding hydrogens is 386 g/mol. The van der Waals surface area contributed by atoms with E-state index in [1.807, 2.05) is 35.8 Å². The number of rotatable bonds is 6. The summed E-state index contributed by atoms with van der Waals surface area (Å²) in [5.41, 5.74) is 2.76. The van der Waals surface area contributed by atoms with E-state index in [1.165, 1.54) is 0 Å². The third kappa shape index (κ3) is 4.38. The SMILES string of the molecule is CCc1cc(-c2cccnc2)ccc1S(=O)(=O)N[C@H]1CCC[C@@H](n2cnnc2)C1. The highest BCUT2D eigenvalue weighted by Crippen LogP contribution is 2.30. The summed E-state index contributed by atoms with van der Waals surface area (Å²) in [4.78, 5) is 4.51. The van der Waals surface area contributed by atoms with Crippen LogP contribution in [0.1, 0.15) is 44.2 Å². The fourth-order valence-corrected chi connectivity index (χ4v) is 5.63. The third-order valence-corrected chi connectivity index (χ3v) is 7.17. The number of nitrogens with one attached hydrogen (secondary N) is 1. The molecule has 8 heteroatoms. The molecule has 2 atom stereocenters. The van der Waals surface area contributed by atoms with Crippen molar-refractivity contribution in [3.05, 3.63) is 60.9 Å². The van der Waals surface area contributed by atoms with E-state index in [9.17, 15) is 8.42 Å². The maximum Gasteiger partial charge on any atom is 0.241 e. The molecule has 29 heavy (non-hydrogen) atoms. The minimum absolute atomic E-state index is 0.0937. The molecule has 1 aliphatic rings. The van der Waals surface area contributed by atoms with Crippen molar-refractivity contribution in [2.24, 2.45) is 0 Å². The van der Waals surface area contributed by atoms with Crippen LogP contribution in [0.2, 0.25) is 0 Å². The van der Waals surface area contributed by atoms with Crippen molar-refractivity contribution in [1.29, 1.82) is 0 Å². The van der Waals surface area contributed by atoms with E-state index in [-0.39, 0.29) is 12.1 Å². The number of hydrogen-bond donors (Lipinski definition) is 1. The van der Waals surface area contributed by atoms with E-state index >= 15 is 0 Å². The lowest BCUT2D eigenvalue weighted by molar-refractivity contribution is 0.305. The topological polar surface area (TPSA) is 89.8 Å². The molecule has 0 unspecified atom stereocenters. The Hall–Kier alpha value is -2.58. The first kappa shape index (κ1) is 19.7. The summed E-state index contributed by atoms with van der Waals surface area (Å²) in [5, 5.41) is 7.74. The van der Waals surface area contributed by atoms with Gasteiger partial charge in [0.1, 0.15) is 12.7 Å². The average Bonchev–Trinajstić information content (AvgIpc) is 3.29. The zero-order valence-electron chi connectivity index (χ0n) is 16.4. The molecule has 1 aromatic carbocycles. The second-order valence-corrected chi connectivity index (χ2v) is 9.15. The van der Waals surface area contributed by atoms with Crippen LogP contribution in [-0.2, 0) is 16.4 Å². The van der Waals surface area contributed by atoms with Crippen LogP contribution in [0.3, 0.4) is 0 Å². The van der Waals surface area contributed by atoms with Crippen LogP contribution >= 0.6 is 0 Å². The lowest BCUT2D eigenvalue weighted by Crippen LogP contribution is -2.39. The Morgan fingerprint density at radius 1 is 1.14 bits per heavy atom. The predicted molar refractivity (Wildman–Crippen MR) is 111 cm³/mol. The summed E-state index contributed by atoms with van der Waals surface area (Å²) >= 11 is 0. The Balaban J connectivity index is 1.55. The van der Waals surface area contributed by atoms with Gasteiger partial charge in [0.2, 0.25) is 10.0 Å². The van der Waals surface area contributed by atoms with Gasteiger partial charge < -0.3 is 4.57 Å². The molecule has 152 valence electrons. The standard InChI is InChI=1S/C21H25N5O2S/c1-2-16-11-17(18-5-4-10-22-13-18)8-9-21(16)29(27,28)25-19-6-3-7-20(12-19)26-14-23-24-15-26/h4-5,8-11,13-15,19-20,25H,2-3,6-7,12H2,1H3/t19-,20+/m0/s1. The van der Waals surface area contributed by atoms with Gasteiger partial charge in [-0.05, 0) is 67.0 Å². The molecule has 1 N–H and O–H groups in total. The van der Waals surface area contributed by atoms with Gasteiger partial charge in [0.25, 0.3) is 0 Å². The monoisotopic (exact) mass is 411 g/mol. The summed E-state index contributed by atoms with van der Waals surface area (Å²) in [6, 6.07) is 9.50. The molecule has 0 bridgehead atoms. The van der Waals surface area contributed by atoms with E-state index < -0.39 is 10.0 Å². The molecule has 0 saturated heterocycles. The van der Waals surface area contributed by atoms with Crippen molar-refractivity contribution in [2.45, 2.75) is 56.0 Å². The average molecular weight is 412 g/mol. The van der Waals surface area contributed by atoms with Gasteiger partial charge in [0.15, 0.2) is 0 Å². The molecule has 0 radical (unpaired) electrons.